The Balaban J connectivity index is 0.923. The highest BCUT2D eigenvalue weighted by Gasteiger charge is 2.30. The van der Waals surface area contributed by atoms with Crippen molar-refractivity contribution >= 4 is 62.4 Å². The third kappa shape index (κ3) is 9.99. The Kier molecular flexibility index (Phi) is 12.9. The molecule has 5 heterocycles. The minimum atomic E-state index is -1.95. The van der Waals surface area contributed by atoms with Gasteiger partial charge in [0.25, 0.3) is 5.91 Å². The molecule has 14 heteroatoms. The molecule has 11 nitrogen and oxygen atoms in total. The molecule has 1 unspecified atom stereocenters. The third-order valence-electron chi connectivity index (χ3n) is 12.2. The van der Waals surface area contributed by atoms with Gasteiger partial charge < -0.3 is 28.6 Å². The lowest BCUT2D eigenvalue weighted by molar-refractivity contribution is 0.0491. The molecule has 2 aliphatic heterocycles. The lowest BCUT2D eigenvalue weighted by Crippen LogP contribution is -2.47. The molecule has 0 spiro atoms. The summed E-state index contributed by atoms with van der Waals surface area (Å²) in [4.78, 5) is 31.6. The van der Waals surface area contributed by atoms with Crippen LogP contribution < -0.4 is 19.1 Å². The smallest absolute Gasteiger partial charge is 0.296 e. The van der Waals surface area contributed by atoms with Crippen LogP contribution in [0.3, 0.4) is 0 Å². The van der Waals surface area contributed by atoms with E-state index in [1.54, 1.807) is 18.3 Å². The SMILES string of the molecule is CC1(C)CCC(CN2CCN(c3ccc(C(=O)N[S+]([O-])c4cnc(OCC5CCOCC5)c(-c5nccs5)c4)c(Oc4ccc5[nH]ccc5c4)c3)CC2)=C(c2ccc(Cl)cc2)C1. The Labute approximate surface area is 374 Å². The van der Waals surface area contributed by atoms with Crippen LogP contribution in [0.1, 0.15) is 61.9 Å². The predicted octanol–water partition coefficient (Wildman–Crippen LogP) is 10.2. The molecule has 1 amide bonds. The van der Waals surface area contributed by atoms with Gasteiger partial charge in [0.2, 0.25) is 5.88 Å². The number of pyridine rings is 1. The number of benzene rings is 3. The number of nitrogens with one attached hydrogen (secondary N) is 2. The van der Waals surface area contributed by atoms with Crippen LogP contribution in [-0.4, -0.2) is 82.9 Å². The van der Waals surface area contributed by atoms with E-state index in [2.05, 4.69) is 55.5 Å². The second-order valence-electron chi connectivity index (χ2n) is 17.1. The van der Waals surface area contributed by atoms with Gasteiger partial charge in [-0.05, 0) is 103 Å². The molecule has 3 aromatic carbocycles. The quantitative estimate of drug-likeness (QED) is 0.109. The Bertz CT molecular complexity index is 2530. The Morgan fingerprint density at radius 1 is 1.03 bits per heavy atom. The lowest BCUT2D eigenvalue weighted by atomic mass is 9.72. The molecule has 322 valence electrons. The number of amides is 1. The molecular weight excluding hydrogens is 840 g/mol. The molecular formula is C48H51ClN6O5S2. The number of rotatable bonds is 13. The van der Waals surface area contributed by atoms with E-state index in [0.717, 1.165) is 93.2 Å². The molecule has 9 rings (SSSR count). The molecule has 0 saturated carbocycles. The summed E-state index contributed by atoms with van der Waals surface area (Å²) in [5.41, 5.74) is 7.34. The number of H-pyrrole nitrogens is 1. The largest absolute Gasteiger partial charge is 0.588 e. The summed E-state index contributed by atoms with van der Waals surface area (Å²) < 4.78 is 34.8. The maximum atomic E-state index is 14.1. The van der Waals surface area contributed by atoms with Gasteiger partial charge in [-0.2, -0.15) is 4.72 Å². The zero-order valence-corrected chi connectivity index (χ0v) is 37.4. The first-order valence-electron chi connectivity index (χ1n) is 21.3. The summed E-state index contributed by atoms with van der Waals surface area (Å²) in [6.07, 6.45) is 10.3. The average Bonchev–Trinajstić information content (AvgIpc) is 4.00. The van der Waals surface area contributed by atoms with Crippen molar-refractivity contribution in [2.75, 3.05) is 57.4 Å². The summed E-state index contributed by atoms with van der Waals surface area (Å²) in [5, 5.41) is 4.31. The van der Waals surface area contributed by atoms with Gasteiger partial charge in [-0.25, -0.2) is 9.97 Å². The van der Waals surface area contributed by atoms with Crippen LogP contribution in [-0.2, 0) is 16.1 Å². The zero-order valence-electron chi connectivity index (χ0n) is 35.0. The maximum absolute atomic E-state index is 14.1. The minimum Gasteiger partial charge on any atom is -0.588 e. The fourth-order valence-corrected chi connectivity index (χ4v) is 10.1. The van der Waals surface area contributed by atoms with E-state index < -0.39 is 17.3 Å². The van der Waals surface area contributed by atoms with Crippen LogP contribution in [0.2, 0.25) is 5.02 Å². The highest BCUT2D eigenvalue weighted by atomic mass is 35.5. The van der Waals surface area contributed by atoms with Crippen LogP contribution in [0.15, 0.2) is 107 Å². The van der Waals surface area contributed by atoms with Crippen molar-refractivity contribution in [3.8, 4) is 28.0 Å². The number of halogens is 1. The lowest BCUT2D eigenvalue weighted by Gasteiger charge is -2.39. The number of hydrogen-bond acceptors (Lipinski definition) is 10. The number of piperazine rings is 1. The molecule has 2 fully saturated rings. The second kappa shape index (κ2) is 18.8. The van der Waals surface area contributed by atoms with Gasteiger partial charge in [0.15, 0.2) is 4.90 Å². The van der Waals surface area contributed by atoms with Gasteiger partial charge in [-0.15, -0.1) is 11.3 Å². The van der Waals surface area contributed by atoms with Gasteiger partial charge >= 0.3 is 0 Å². The number of thiazole rings is 1. The van der Waals surface area contributed by atoms with Crippen molar-refractivity contribution in [3.05, 3.63) is 118 Å². The Hall–Kier alpha value is -4.89. The van der Waals surface area contributed by atoms with Gasteiger partial charge in [0.1, 0.15) is 27.9 Å². The minimum absolute atomic E-state index is 0.261. The molecule has 2 N–H and O–H groups in total. The van der Waals surface area contributed by atoms with Crippen LogP contribution >= 0.6 is 22.9 Å². The first-order chi connectivity index (χ1) is 30.1. The Morgan fingerprint density at radius 2 is 1.85 bits per heavy atom. The van der Waals surface area contributed by atoms with Crippen LogP contribution in [0.4, 0.5) is 5.69 Å². The molecule has 2 saturated heterocycles. The van der Waals surface area contributed by atoms with Crippen LogP contribution in [0.25, 0.3) is 27.0 Å². The predicted molar refractivity (Wildman–Crippen MR) is 248 cm³/mol. The second-order valence-corrected chi connectivity index (χ2v) is 19.7. The molecule has 6 aromatic rings. The maximum Gasteiger partial charge on any atom is 0.296 e. The summed E-state index contributed by atoms with van der Waals surface area (Å²) in [5.74, 6) is 1.21. The van der Waals surface area contributed by atoms with Crippen molar-refractivity contribution in [2.24, 2.45) is 11.3 Å². The van der Waals surface area contributed by atoms with E-state index in [0.29, 0.717) is 45.4 Å². The number of carbonyl (C=O) groups is 1. The summed E-state index contributed by atoms with van der Waals surface area (Å²) in [6.45, 7) is 11.1. The Morgan fingerprint density at radius 3 is 2.65 bits per heavy atom. The summed E-state index contributed by atoms with van der Waals surface area (Å²) >= 11 is 5.76. The molecule has 1 aliphatic carbocycles. The van der Waals surface area contributed by atoms with Gasteiger partial charge in [-0.1, -0.05) is 43.2 Å². The van der Waals surface area contributed by atoms with E-state index in [1.807, 2.05) is 60.1 Å². The highest BCUT2D eigenvalue weighted by molar-refractivity contribution is 7.90. The fourth-order valence-electron chi connectivity index (χ4n) is 8.57. The van der Waals surface area contributed by atoms with Crippen LogP contribution in [0, 0.1) is 11.3 Å². The first kappa shape index (κ1) is 42.4. The molecule has 0 bridgehead atoms. The summed E-state index contributed by atoms with van der Waals surface area (Å²) in [7, 11) is 0. The number of allylic oxidation sites excluding steroid dienone is 1. The molecule has 62 heavy (non-hydrogen) atoms. The highest BCUT2D eigenvalue weighted by Crippen LogP contribution is 2.43. The van der Waals surface area contributed by atoms with Crippen molar-refractivity contribution in [1.29, 1.82) is 0 Å². The van der Waals surface area contributed by atoms with Crippen molar-refractivity contribution in [2.45, 2.75) is 50.8 Å². The number of ether oxygens (including phenoxy) is 3. The van der Waals surface area contributed by atoms with Crippen LogP contribution in [0.5, 0.6) is 17.4 Å². The topological polar surface area (TPSA) is 128 Å². The number of hydrogen-bond donors (Lipinski definition) is 2. The monoisotopic (exact) mass is 890 g/mol. The van der Waals surface area contributed by atoms with E-state index in [9.17, 15) is 9.35 Å². The molecule has 1 atom stereocenters. The first-order valence-corrected chi connectivity index (χ1v) is 23.7. The molecule has 3 aliphatic rings. The van der Waals surface area contributed by atoms with Crippen molar-refractivity contribution in [1.82, 2.24) is 24.6 Å². The standard InChI is InChI=1S/C48H51ClN6O5S2/c1-48(2)15-11-35(42(28-48)33-3-5-36(49)6-4-33)30-54-18-20-55(21-19-54)37-7-9-40(44(26-37)60-38-8-10-43-34(25-38)12-16-50-43)45(56)53-62(57)39-27-41(47-51-17-24-61-47)46(52-29-39)59-31-32-13-22-58-23-14-32/h3-10,12,16-17,24-27,29,32,50H,11,13-15,18-23,28,30-31H2,1-2H3,(H,53,56). The van der Waals surface area contributed by atoms with E-state index in [-0.39, 0.29) is 11.0 Å². The van der Waals surface area contributed by atoms with Gasteiger partial charge in [0.05, 0.1) is 23.9 Å². The van der Waals surface area contributed by atoms with Gasteiger partial charge in [-0.3, -0.25) is 9.69 Å². The average molecular weight is 892 g/mol. The van der Waals surface area contributed by atoms with Crippen molar-refractivity contribution < 1.29 is 23.6 Å². The fraction of sp³-hybridized carbons (Fsp3) is 0.354. The molecule has 0 radical (unpaired) electrons. The zero-order chi connectivity index (χ0) is 42.6. The number of aromatic nitrogens is 3. The number of nitrogens with zero attached hydrogens (tertiary/aromatic N) is 4. The number of fused-ring (bicyclic) bond motifs is 1. The normalized spacial score (nSPS) is 17.9. The van der Waals surface area contributed by atoms with Gasteiger partial charge in [0, 0.05) is 97.5 Å². The number of anilines is 1. The third-order valence-corrected chi connectivity index (χ3v) is 14.3. The summed E-state index contributed by atoms with van der Waals surface area (Å²) in [6, 6.07) is 23.4. The van der Waals surface area contributed by atoms with Crippen molar-refractivity contribution in [3.63, 3.8) is 0 Å². The number of aromatic amines is 1. The van der Waals surface area contributed by atoms with E-state index in [1.165, 1.54) is 40.7 Å². The number of carbonyl (C=O) groups excluding carboxylic acids is 1. The van der Waals surface area contributed by atoms with E-state index >= 15 is 0 Å². The van der Waals surface area contributed by atoms with E-state index in [4.69, 9.17) is 25.8 Å². The molecule has 3 aromatic heterocycles.